The summed E-state index contributed by atoms with van der Waals surface area (Å²) in [7, 11) is 0. The van der Waals surface area contributed by atoms with Gasteiger partial charge in [0.25, 0.3) is 0 Å². The highest BCUT2D eigenvalue weighted by molar-refractivity contribution is 5.84. The van der Waals surface area contributed by atoms with Gasteiger partial charge < -0.3 is 9.64 Å². The molecular weight excluding hydrogens is 338 g/mol. The molecule has 5 nitrogen and oxygen atoms in total. The van der Waals surface area contributed by atoms with Crippen LogP contribution in [0.5, 0.6) is 0 Å². The minimum Gasteiger partial charge on any atom is -0.379 e. The van der Waals surface area contributed by atoms with Gasteiger partial charge in [0.05, 0.1) is 13.2 Å². The van der Waals surface area contributed by atoms with Crippen molar-refractivity contribution in [2.24, 2.45) is 0 Å². The average molecular weight is 363 g/mol. The van der Waals surface area contributed by atoms with E-state index in [1.54, 1.807) is 6.20 Å². The topological polar surface area (TPSA) is 45.7 Å². The summed E-state index contributed by atoms with van der Waals surface area (Å²) >= 11 is 0. The first-order valence-corrected chi connectivity index (χ1v) is 9.58. The molecule has 1 unspecified atom stereocenters. The van der Waals surface area contributed by atoms with Crippen molar-refractivity contribution in [1.82, 2.24) is 14.8 Å². The maximum atomic E-state index is 13.4. The van der Waals surface area contributed by atoms with Crippen LogP contribution < -0.4 is 0 Å². The van der Waals surface area contributed by atoms with E-state index in [1.807, 2.05) is 29.3 Å². The minimum atomic E-state index is -0.283. The highest BCUT2D eigenvalue weighted by Gasteiger charge is 2.33. The molecule has 1 aromatic heterocycles. The van der Waals surface area contributed by atoms with Crippen molar-refractivity contribution in [3.63, 3.8) is 0 Å². The van der Waals surface area contributed by atoms with Gasteiger partial charge in [-0.1, -0.05) is 42.5 Å². The van der Waals surface area contributed by atoms with Crippen molar-refractivity contribution in [2.45, 2.75) is 12.5 Å². The summed E-state index contributed by atoms with van der Waals surface area (Å²) < 4.78 is 5.48. The fourth-order valence-electron chi connectivity index (χ4n) is 3.84. The molecule has 3 heterocycles. The number of pyridine rings is 1. The zero-order valence-electron chi connectivity index (χ0n) is 15.5. The Morgan fingerprint density at radius 1 is 1.04 bits per heavy atom. The van der Waals surface area contributed by atoms with Crippen LogP contribution in [-0.4, -0.2) is 60.1 Å². The molecule has 0 N–H and O–H groups in total. The largest absolute Gasteiger partial charge is 0.379 e. The number of aromatic nitrogens is 1. The highest BCUT2D eigenvalue weighted by Crippen LogP contribution is 2.27. The van der Waals surface area contributed by atoms with E-state index in [4.69, 9.17) is 4.74 Å². The van der Waals surface area contributed by atoms with Crippen molar-refractivity contribution >= 4 is 11.5 Å². The van der Waals surface area contributed by atoms with E-state index in [1.165, 1.54) is 11.1 Å². The molecule has 1 atom stereocenters. The first kappa shape index (κ1) is 17.9. The van der Waals surface area contributed by atoms with Gasteiger partial charge >= 0.3 is 0 Å². The number of amides is 1. The second-order valence-electron chi connectivity index (χ2n) is 6.97. The van der Waals surface area contributed by atoms with Crippen molar-refractivity contribution in [2.75, 3.05) is 39.4 Å². The van der Waals surface area contributed by atoms with E-state index in [-0.39, 0.29) is 11.9 Å². The number of ether oxygens (including phenoxy) is 1. The average Bonchev–Trinajstić information content (AvgIpc) is 2.76. The Balaban J connectivity index is 1.53. The molecule has 0 spiro atoms. The lowest BCUT2D eigenvalue weighted by Gasteiger charge is -2.37. The molecule has 0 saturated carbocycles. The first-order chi connectivity index (χ1) is 13.3. The van der Waals surface area contributed by atoms with Crippen molar-refractivity contribution < 1.29 is 9.53 Å². The molecule has 0 bridgehead atoms. The Labute approximate surface area is 160 Å². The fraction of sp³-hybridized carbons (Fsp3) is 0.364. The van der Waals surface area contributed by atoms with Gasteiger partial charge in [0.2, 0.25) is 5.91 Å². The van der Waals surface area contributed by atoms with E-state index in [2.05, 4.69) is 40.2 Å². The summed E-state index contributed by atoms with van der Waals surface area (Å²) in [6.45, 7) is 4.28. The monoisotopic (exact) mass is 363 g/mol. The molecule has 2 aliphatic heterocycles. The smallest absolute Gasteiger partial charge is 0.244 e. The van der Waals surface area contributed by atoms with Crippen LogP contribution in [0.4, 0.5) is 0 Å². The predicted octanol–water partition coefficient (Wildman–Crippen LogP) is 2.77. The lowest BCUT2D eigenvalue weighted by molar-refractivity contribution is -0.138. The van der Waals surface area contributed by atoms with Crippen LogP contribution in [-0.2, 0) is 9.53 Å². The van der Waals surface area contributed by atoms with E-state index in [9.17, 15) is 4.79 Å². The molecule has 1 saturated heterocycles. The molecule has 2 aliphatic rings. The van der Waals surface area contributed by atoms with Crippen LogP contribution in [0.1, 0.15) is 23.6 Å². The Morgan fingerprint density at radius 3 is 2.52 bits per heavy atom. The molecule has 5 heteroatoms. The van der Waals surface area contributed by atoms with Crippen molar-refractivity contribution in [1.29, 1.82) is 0 Å². The van der Waals surface area contributed by atoms with E-state index >= 15 is 0 Å². The second-order valence-corrected chi connectivity index (χ2v) is 6.97. The van der Waals surface area contributed by atoms with Crippen LogP contribution in [0, 0.1) is 0 Å². The summed E-state index contributed by atoms with van der Waals surface area (Å²) in [5, 5.41) is 0. The van der Waals surface area contributed by atoms with Gasteiger partial charge in [-0.05, 0) is 29.2 Å². The SMILES string of the molecule is O=C(C(c1cccnc1)N1CCOCC1)N1CC=C(c2ccccc2)CC1. The molecule has 1 amide bonds. The molecule has 1 fully saturated rings. The molecule has 4 rings (SSSR count). The lowest BCUT2D eigenvalue weighted by Crippen LogP contribution is -2.48. The number of hydrogen-bond acceptors (Lipinski definition) is 4. The number of rotatable bonds is 4. The molecule has 140 valence electrons. The molecule has 27 heavy (non-hydrogen) atoms. The Hall–Kier alpha value is -2.50. The van der Waals surface area contributed by atoms with Crippen LogP contribution in [0.25, 0.3) is 5.57 Å². The van der Waals surface area contributed by atoms with E-state index < -0.39 is 0 Å². The molecule has 0 aliphatic carbocycles. The van der Waals surface area contributed by atoms with Crippen molar-refractivity contribution in [3.05, 3.63) is 72.1 Å². The Bertz CT molecular complexity index is 786. The summed E-state index contributed by atoms with van der Waals surface area (Å²) in [4.78, 5) is 21.9. The summed E-state index contributed by atoms with van der Waals surface area (Å²) in [6, 6.07) is 14.0. The van der Waals surface area contributed by atoms with E-state index in [0.29, 0.717) is 19.8 Å². The molecular formula is C22H25N3O2. The van der Waals surface area contributed by atoms with Gasteiger partial charge in [-0.3, -0.25) is 14.7 Å². The highest BCUT2D eigenvalue weighted by atomic mass is 16.5. The summed E-state index contributed by atoms with van der Waals surface area (Å²) in [5.41, 5.74) is 3.53. The predicted molar refractivity (Wildman–Crippen MR) is 105 cm³/mol. The quantitative estimate of drug-likeness (QED) is 0.838. The Kier molecular flexibility index (Phi) is 5.61. The molecule has 2 aromatic rings. The third kappa shape index (κ3) is 4.10. The second kappa shape index (κ2) is 8.46. The van der Waals surface area contributed by atoms with E-state index in [0.717, 1.165) is 31.6 Å². The molecule has 0 radical (unpaired) electrons. The van der Waals surface area contributed by atoms with Crippen LogP contribution in [0.3, 0.4) is 0 Å². The summed E-state index contributed by atoms with van der Waals surface area (Å²) in [5.74, 6) is 0.160. The standard InChI is InChI=1S/C22H25N3O2/c26-22(25-11-8-19(9-12-25)18-5-2-1-3-6-18)21(20-7-4-10-23-17-20)24-13-15-27-16-14-24/h1-8,10,17,21H,9,11-16H2. The molecule has 1 aromatic carbocycles. The number of nitrogens with zero attached hydrogens (tertiary/aromatic N) is 3. The van der Waals surface area contributed by atoms with Gasteiger partial charge in [0.1, 0.15) is 6.04 Å². The van der Waals surface area contributed by atoms with Gasteiger partial charge in [0, 0.05) is 38.6 Å². The van der Waals surface area contributed by atoms with Crippen molar-refractivity contribution in [3.8, 4) is 0 Å². The number of hydrogen-bond donors (Lipinski definition) is 0. The zero-order valence-corrected chi connectivity index (χ0v) is 15.5. The number of carbonyl (C=O) groups excluding carboxylic acids is 1. The van der Waals surface area contributed by atoms with Gasteiger partial charge in [-0.25, -0.2) is 0 Å². The minimum absolute atomic E-state index is 0.160. The van der Waals surface area contributed by atoms with Crippen LogP contribution >= 0.6 is 0 Å². The number of morpholine rings is 1. The Morgan fingerprint density at radius 2 is 1.85 bits per heavy atom. The summed E-state index contributed by atoms with van der Waals surface area (Å²) in [6.07, 6.45) is 6.64. The normalized spacial score (nSPS) is 19.4. The fourth-order valence-corrected chi connectivity index (χ4v) is 3.84. The van der Waals surface area contributed by atoms with Gasteiger partial charge in [-0.15, -0.1) is 0 Å². The van der Waals surface area contributed by atoms with Gasteiger partial charge in [0.15, 0.2) is 0 Å². The lowest BCUT2D eigenvalue weighted by atomic mass is 9.98. The number of carbonyl (C=O) groups is 1. The number of benzene rings is 1. The maximum absolute atomic E-state index is 13.4. The van der Waals surface area contributed by atoms with Crippen LogP contribution in [0.2, 0.25) is 0 Å². The maximum Gasteiger partial charge on any atom is 0.244 e. The zero-order chi connectivity index (χ0) is 18.5. The van der Waals surface area contributed by atoms with Crippen LogP contribution in [0.15, 0.2) is 60.9 Å². The first-order valence-electron chi connectivity index (χ1n) is 9.58. The third-order valence-electron chi connectivity index (χ3n) is 5.31. The third-order valence-corrected chi connectivity index (χ3v) is 5.31. The van der Waals surface area contributed by atoms with Gasteiger partial charge in [-0.2, -0.15) is 0 Å².